The summed E-state index contributed by atoms with van der Waals surface area (Å²) in [4.78, 5) is 0. The summed E-state index contributed by atoms with van der Waals surface area (Å²) in [6.45, 7) is 4.10. The minimum atomic E-state index is -1.85. The normalized spacial score (nSPS) is 16.3. The van der Waals surface area contributed by atoms with E-state index in [9.17, 15) is 8.76 Å². The molecule has 0 aromatic heterocycles. The lowest BCUT2D eigenvalue weighted by atomic mass is 10.1. The average molecular weight is 177 g/mol. The average Bonchev–Trinajstić information content (AvgIpc) is 1.97. The van der Waals surface area contributed by atoms with E-state index in [2.05, 4.69) is 6.92 Å². The zero-order valence-corrected chi connectivity index (χ0v) is 8.15. The van der Waals surface area contributed by atoms with Crippen molar-refractivity contribution >= 4 is 11.1 Å². The van der Waals surface area contributed by atoms with Crippen molar-refractivity contribution in [3.05, 3.63) is 0 Å². The fraction of sp³-hybridized carbons (Fsp3) is 1.00. The van der Waals surface area contributed by atoms with Crippen molar-refractivity contribution < 1.29 is 8.76 Å². The van der Waals surface area contributed by atoms with Crippen LogP contribution >= 0.6 is 0 Å². The Kier molecular flexibility index (Phi) is 6.87. The second kappa shape index (κ2) is 6.80. The molecule has 0 rings (SSSR count). The molecule has 0 aromatic rings. The number of hydrogen-bond acceptors (Lipinski definition) is 2. The van der Waals surface area contributed by atoms with Gasteiger partial charge >= 0.3 is 0 Å². The Balaban J connectivity index is 3.60. The highest BCUT2D eigenvalue weighted by Gasteiger charge is 2.06. The molecule has 0 heterocycles. The van der Waals surface area contributed by atoms with Crippen molar-refractivity contribution in [1.29, 1.82) is 0 Å². The Morgan fingerprint density at radius 1 is 1.27 bits per heavy atom. The molecule has 68 valence electrons. The fourth-order valence-corrected chi connectivity index (χ4v) is 1.88. The van der Waals surface area contributed by atoms with Gasteiger partial charge in [-0.2, -0.15) is 0 Å². The molecule has 0 saturated heterocycles. The van der Waals surface area contributed by atoms with Crippen molar-refractivity contribution in [3.63, 3.8) is 0 Å². The molecule has 2 unspecified atom stereocenters. The van der Waals surface area contributed by atoms with Crippen LogP contribution in [0.2, 0.25) is 0 Å². The summed E-state index contributed by atoms with van der Waals surface area (Å²) >= 11 is -1.85. The molecule has 2 nitrogen and oxygen atoms in total. The molecular formula is C8H17O2S-. The highest BCUT2D eigenvalue weighted by atomic mass is 32.2. The molecule has 0 radical (unpaired) electrons. The van der Waals surface area contributed by atoms with Crippen LogP contribution in [0.25, 0.3) is 0 Å². The van der Waals surface area contributed by atoms with Crippen molar-refractivity contribution in [3.8, 4) is 0 Å². The van der Waals surface area contributed by atoms with Crippen molar-refractivity contribution in [1.82, 2.24) is 0 Å². The third-order valence-corrected chi connectivity index (χ3v) is 2.78. The SMILES string of the molecule is CCCCC(CCC)S(=O)[O-]. The zero-order valence-electron chi connectivity index (χ0n) is 7.34. The Morgan fingerprint density at radius 2 is 1.91 bits per heavy atom. The standard InChI is InChI=1S/C8H18O2S/c1-3-5-7-8(6-4-2)11(9)10/h8H,3-7H2,1-2H3,(H,9,10)/p-1. The minimum Gasteiger partial charge on any atom is -0.772 e. The van der Waals surface area contributed by atoms with E-state index in [1.807, 2.05) is 6.92 Å². The van der Waals surface area contributed by atoms with Gasteiger partial charge in [-0.25, -0.2) is 0 Å². The fourth-order valence-electron chi connectivity index (χ4n) is 1.09. The number of unbranched alkanes of at least 4 members (excludes halogenated alkanes) is 1. The highest BCUT2D eigenvalue weighted by molar-refractivity contribution is 7.79. The molecular weight excluding hydrogens is 160 g/mol. The van der Waals surface area contributed by atoms with E-state index in [-0.39, 0.29) is 5.25 Å². The van der Waals surface area contributed by atoms with Gasteiger partial charge in [0.2, 0.25) is 0 Å². The first-order valence-electron chi connectivity index (χ1n) is 4.30. The summed E-state index contributed by atoms with van der Waals surface area (Å²) in [7, 11) is 0. The summed E-state index contributed by atoms with van der Waals surface area (Å²) in [5.41, 5.74) is 0. The monoisotopic (exact) mass is 177 g/mol. The third-order valence-electron chi connectivity index (χ3n) is 1.76. The van der Waals surface area contributed by atoms with E-state index in [4.69, 9.17) is 0 Å². The third kappa shape index (κ3) is 5.39. The predicted octanol–water partition coefficient (Wildman–Crippen LogP) is 2.22. The molecule has 0 saturated carbocycles. The maximum absolute atomic E-state index is 10.6. The van der Waals surface area contributed by atoms with Gasteiger partial charge in [0.1, 0.15) is 0 Å². The first kappa shape index (κ1) is 11.1. The van der Waals surface area contributed by atoms with Gasteiger partial charge in [0.15, 0.2) is 0 Å². The van der Waals surface area contributed by atoms with E-state index < -0.39 is 11.1 Å². The van der Waals surface area contributed by atoms with E-state index in [1.165, 1.54) is 0 Å². The Hall–Kier alpha value is 0.110. The van der Waals surface area contributed by atoms with Gasteiger partial charge in [-0.15, -0.1) is 0 Å². The lowest BCUT2D eigenvalue weighted by molar-refractivity contribution is 0.501. The molecule has 0 amide bonds. The molecule has 0 aliphatic heterocycles. The molecule has 11 heavy (non-hydrogen) atoms. The molecule has 3 heteroatoms. The lowest BCUT2D eigenvalue weighted by Crippen LogP contribution is -2.13. The summed E-state index contributed by atoms with van der Waals surface area (Å²) < 4.78 is 21.2. The molecule has 2 atom stereocenters. The maximum Gasteiger partial charge on any atom is 0.0215 e. The van der Waals surface area contributed by atoms with Gasteiger partial charge in [-0.3, -0.25) is 4.21 Å². The van der Waals surface area contributed by atoms with Crippen LogP contribution in [0.15, 0.2) is 0 Å². The summed E-state index contributed by atoms with van der Waals surface area (Å²) in [6.07, 6.45) is 4.72. The quantitative estimate of drug-likeness (QED) is 0.584. The summed E-state index contributed by atoms with van der Waals surface area (Å²) in [5, 5.41) is -0.0973. The zero-order chi connectivity index (χ0) is 8.69. The van der Waals surface area contributed by atoms with Gasteiger partial charge < -0.3 is 4.55 Å². The number of hydrogen-bond donors (Lipinski definition) is 0. The Labute approximate surface area is 71.7 Å². The second-order valence-electron chi connectivity index (χ2n) is 2.81. The van der Waals surface area contributed by atoms with Crippen molar-refractivity contribution in [2.45, 2.75) is 51.2 Å². The van der Waals surface area contributed by atoms with Crippen LogP contribution < -0.4 is 0 Å². The van der Waals surface area contributed by atoms with Crippen LogP contribution in [0.4, 0.5) is 0 Å². The minimum absolute atomic E-state index is 0.0973. The number of rotatable bonds is 6. The highest BCUT2D eigenvalue weighted by Crippen LogP contribution is 2.11. The smallest absolute Gasteiger partial charge is 0.0215 e. The predicted molar refractivity (Wildman–Crippen MR) is 47.1 cm³/mol. The van der Waals surface area contributed by atoms with Crippen LogP contribution in [-0.4, -0.2) is 14.0 Å². The van der Waals surface area contributed by atoms with Crippen molar-refractivity contribution in [2.24, 2.45) is 0 Å². The van der Waals surface area contributed by atoms with Gasteiger partial charge in [-0.1, -0.05) is 44.2 Å². The first-order valence-corrected chi connectivity index (χ1v) is 5.44. The molecule has 0 bridgehead atoms. The van der Waals surface area contributed by atoms with E-state index >= 15 is 0 Å². The van der Waals surface area contributed by atoms with Crippen LogP contribution in [0.3, 0.4) is 0 Å². The molecule has 0 aliphatic rings. The van der Waals surface area contributed by atoms with E-state index in [1.54, 1.807) is 0 Å². The van der Waals surface area contributed by atoms with Gasteiger partial charge in [0.05, 0.1) is 0 Å². The lowest BCUT2D eigenvalue weighted by Gasteiger charge is -2.18. The van der Waals surface area contributed by atoms with Crippen molar-refractivity contribution in [2.75, 3.05) is 0 Å². The largest absolute Gasteiger partial charge is 0.772 e. The molecule has 0 spiro atoms. The maximum atomic E-state index is 10.6. The van der Waals surface area contributed by atoms with Gasteiger partial charge in [0, 0.05) is 5.25 Å². The van der Waals surface area contributed by atoms with Gasteiger partial charge in [0.25, 0.3) is 0 Å². The molecule has 0 N–H and O–H groups in total. The summed E-state index contributed by atoms with van der Waals surface area (Å²) in [5.74, 6) is 0. The van der Waals surface area contributed by atoms with E-state index in [0.29, 0.717) is 0 Å². The molecule has 0 aromatic carbocycles. The first-order chi connectivity index (χ1) is 5.22. The van der Waals surface area contributed by atoms with Crippen LogP contribution in [0, 0.1) is 0 Å². The van der Waals surface area contributed by atoms with Crippen LogP contribution in [0.1, 0.15) is 46.0 Å². The Bertz CT molecular complexity index is 115. The second-order valence-corrected chi connectivity index (χ2v) is 4.00. The van der Waals surface area contributed by atoms with E-state index in [0.717, 1.165) is 32.1 Å². The Morgan fingerprint density at radius 3 is 2.27 bits per heavy atom. The van der Waals surface area contributed by atoms with Gasteiger partial charge in [-0.05, 0) is 12.8 Å². The van der Waals surface area contributed by atoms with Crippen LogP contribution in [0.5, 0.6) is 0 Å². The topological polar surface area (TPSA) is 40.1 Å². The molecule has 0 aliphatic carbocycles. The summed E-state index contributed by atoms with van der Waals surface area (Å²) in [6, 6.07) is 0. The van der Waals surface area contributed by atoms with Crippen LogP contribution in [-0.2, 0) is 11.1 Å². The molecule has 0 fully saturated rings.